The molecule has 19 heavy (non-hydrogen) atoms. The molecule has 0 aliphatic carbocycles. The summed E-state index contributed by atoms with van der Waals surface area (Å²) < 4.78 is 3.58. The molecule has 0 aliphatic rings. The average molecular weight is 330 g/mol. The number of aromatic amines is 1. The standard InChI is InChI=1S/C14H8BrN3S/c15-8-5-6-10-9(7-8)13-16-11-3-1-2-4-12(11)18(13)14(19)17-10/h1-7,16H. The van der Waals surface area contributed by atoms with Crippen molar-refractivity contribution < 1.29 is 0 Å². The van der Waals surface area contributed by atoms with E-state index in [1.807, 2.05) is 40.8 Å². The zero-order valence-corrected chi connectivity index (χ0v) is 12.1. The molecule has 0 saturated heterocycles. The molecule has 3 nitrogen and oxygen atoms in total. The molecule has 2 aromatic carbocycles. The van der Waals surface area contributed by atoms with Crippen molar-refractivity contribution in [2.75, 3.05) is 0 Å². The Hall–Kier alpha value is -1.72. The summed E-state index contributed by atoms with van der Waals surface area (Å²) >= 11 is 8.92. The van der Waals surface area contributed by atoms with E-state index in [1.54, 1.807) is 0 Å². The van der Waals surface area contributed by atoms with Gasteiger partial charge >= 0.3 is 0 Å². The lowest BCUT2D eigenvalue weighted by atomic mass is 10.2. The summed E-state index contributed by atoms with van der Waals surface area (Å²) in [5.74, 6) is 0. The highest BCUT2D eigenvalue weighted by molar-refractivity contribution is 9.10. The molecule has 0 unspecified atom stereocenters. The summed E-state index contributed by atoms with van der Waals surface area (Å²) in [5.41, 5.74) is 4.00. The number of hydrogen-bond acceptors (Lipinski definition) is 2. The number of para-hydroxylation sites is 2. The van der Waals surface area contributed by atoms with Gasteiger partial charge in [0.1, 0.15) is 5.65 Å². The first-order chi connectivity index (χ1) is 9.24. The first-order valence-electron chi connectivity index (χ1n) is 5.83. The lowest BCUT2D eigenvalue weighted by Gasteiger charge is -2.01. The van der Waals surface area contributed by atoms with Crippen LogP contribution in [0.3, 0.4) is 0 Å². The van der Waals surface area contributed by atoms with E-state index in [9.17, 15) is 0 Å². The van der Waals surface area contributed by atoms with E-state index in [0.29, 0.717) is 4.77 Å². The second kappa shape index (κ2) is 3.88. The van der Waals surface area contributed by atoms with E-state index in [4.69, 9.17) is 12.2 Å². The highest BCUT2D eigenvalue weighted by atomic mass is 79.9. The van der Waals surface area contributed by atoms with Gasteiger partial charge in [0.15, 0.2) is 0 Å². The topological polar surface area (TPSA) is 33.1 Å². The molecule has 0 bridgehead atoms. The fourth-order valence-electron chi connectivity index (χ4n) is 2.41. The molecule has 5 heteroatoms. The Morgan fingerprint density at radius 1 is 1.16 bits per heavy atom. The lowest BCUT2D eigenvalue weighted by Crippen LogP contribution is -1.92. The van der Waals surface area contributed by atoms with Gasteiger partial charge in [-0.05, 0) is 42.5 Å². The predicted octanol–water partition coefficient (Wildman–Crippen LogP) is 4.46. The fourth-order valence-corrected chi connectivity index (χ4v) is 3.06. The molecule has 1 N–H and O–H groups in total. The van der Waals surface area contributed by atoms with Crippen LogP contribution in [0.15, 0.2) is 46.9 Å². The van der Waals surface area contributed by atoms with E-state index in [1.165, 1.54) is 0 Å². The number of hydrogen-bond donors (Lipinski definition) is 1. The molecular formula is C14H8BrN3S. The van der Waals surface area contributed by atoms with Crippen LogP contribution in [0.4, 0.5) is 0 Å². The number of nitrogens with zero attached hydrogens (tertiary/aromatic N) is 2. The van der Waals surface area contributed by atoms with Crippen molar-refractivity contribution in [1.82, 2.24) is 14.4 Å². The van der Waals surface area contributed by atoms with Crippen LogP contribution in [0.25, 0.3) is 27.6 Å². The van der Waals surface area contributed by atoms with Gasteiger partial charge in [-0.3, -0.25) is 4.40 Å². The summed E-state index contributed by atoms with van der Waals surface area (Å²) in [6, 6.07) is 14.1. The highest BCUT2D eigenvalue weighted by Crippen LogP contribution is 2.25. The predicted molar refractivity (Wildman–Crippen MR) is 83.1 cm³/mol. The van der Waals surface area contributed by atoms with Gasteiger partial charge < -0.3 is 4.98 Å². The zero-order valence-electron chi connectivity index (χ0n) is 9.72. The average Bonchev–Trinajstić information content (AvgIpc) is 2.80. The van der Waals surface area contributed by atoms with Gasteiger partial charge in [0.05, 0.1) is 16.6 Å². The van der Waals surface area contributed by atoms with Crippen LogP contribution in [0.1, 0.15) is 0 Å². The number of imidazole rings is 1. The van der Waals surface area contributed by atoms with Gasteiger partial charge in [-0.25, -0.2) is 4.98 Å². The maximum Gasteiger partial charge on any atom is 0.206 e. The Balaban J connectivity index is 2.39. The second-order valence-electron chi connectivity index (χ2n) is 4.38. The van der Waals surface area contributed by atoms with Gasteiger partial charge in [-0.1, -0.05) is 28.1 Å². The van der Waals surface area contributed by atoms with Crippen LogP contribution < -0.4 is 0 Å². The number of nitrogens with one attached hydrogen (secondary N) is 1. The molecule has 4 aromatic rings. The van der Waals surface area contributed by atoms with Crippen molar-refractivity contribution in [3.63, 3.8) is 0 Å². The quantitative estimate of drug-likeness (QED) is 0.483. The molecule has 0 saturated carbocycles. The maximum atomic E-state index is 5.42. The largest absolute Gasteiger partial charge is 0.339 e. The van der Waals surface area contributed by atoms with Crippen LogP contribution in [0, 0.1) is 4.77 Å². The van der Waals surface area contributed by atoms with Crippen molar-refractivity contribution in [2.24, 2.45) is 0 Å². The molecule has 0 fully saturated rings. The third kappa shape index (κ3) is 1.55. The van der Waals surface area contributed by atoms with Crippen LogP contribution in [0.5, 0.6) is 0 Å². The van der Waals surface area contributed by atoms with Crippen molar-refractivity contribution in [1.29, 1.82) is 0 Å². The third-order valence-electron chi connectivity index (χ3n) is 3.24. The van der Waals surface area contributed by atoms with Crippen molar-refractivity contribution in [3.05, 3.63) is 51.7 Å². The van der Waals surface area contributed by atoms with Crippen LogP contribution in [0.2, 0.25) is 0 Å². The molecule has 0 spiro atoms. The van der Waals surface area contributed by atoms with Gasteiger partial charge in [0.25, 0.3) is 0 Å². The number of rotatable bonds is 0. The van der Waals surface area contributed by atoms with Crippen LogP contribution in [-0.2, 0) is 0 Å². The monoisotopic (exact) mass is 329 g/mol. The minimum Gasteiger partial charge on any atom is -0.339 e. The van der Waals surface area contributed by atoms with Gasteiger partial charge in [0, 0.05) is 9.86 Å². The fraction of sp³-hybridized carbons (Fsp3) is 0. The summed E-state index contributed by atoms with van der Waals surface area (Å²) in [4.78, 5) is 7.93. The molecule has 0 aliphatic heterocycles. The summed E-state index contributed by atoms with van der Waals surface area (Å²) in [7, 11) is 0. The number of benzene rings is 2. The molecule has 2 heterocycles. The van der Waals surface area contributed by atoms with E-state index < -0.39 is 0 Å². The third-order valence-corrected chi connectivity index (χ3v) is 4.01. The Labute approximate surface area is 122 Å². The number of H-pyrrole nitrogens is 1. The lowest BCUT2D eigenvalue weighted by molar-refractivity contribution is 1.12. The van der Waals surface area contributed by atoms with Crippen molar-refractivity contribution in [2.45, 2.75) is 0 Å². The minimum atomic E-state index is 0.572. The first-order valence-corrected chi connectivity index (χ1v) is 7.03. The van der Waals surface area contributed by atoms with Gasteiger partial charge in [0.2, 0.25) is 4.77 Å². The molecule has 2 aromatic heterocycles. The maximum absolute atomic E-state index is 5.42. The van der Waals surface area contributed by atoms with Crippen molar-refractivity contribution in [3.8, 4) is 0 Å². The van der Waals surface area contributed by atoms with Crippen LogP contribution in [-0.4, -0.2) is 14.4 Å². The molecule has 4 rings (SSSR count). The Morgan fingerprint density at radius 3 is 2.89 bits per heavy atom. The van der Waals surface area contributed by atoms with E-state index in [0.717, 1.165) is 32.1 Å². The zero-order chi connectivity index (χ0) is 13.0. The van der Waals surface area contributed by atoms with E-state index in [-0.39, 0.29) is 0 Å². The number of aromatic nitrogens is 3. The molecule has 0 atom stereocenters. The summed E-state index contributed by atoms with van der Waals surface area (Å²) in [6.07, 6.45) is 0. The van der Waals surface area contributed by atoms with Gasteiger partial charge in [-0.2, -0.15) is 0 Å². The molecule has 0 radical (unpaired) electrons. The molecule has 0 amide bonds. The SMILES string of the molecule is S=c1nc2ccc(Br)cc2c2[nH]c3ccccc3n12. The summed E-state index contributed by atoms with van der Waals surface area (Å²) in [5, 5.41) is 1.05. The number of halogens is 1. The highest BCUT2D eigenvalue weighted by Gasteiger charge is 2.09. The van der Waals surface area contributed by atoms with E-state index >= 15 is 0 Å². The van der Waals surface area contributed by atoms with Crippen molar-refractivity contribution >= 4 is 55.7 Å². The Kier molecular flexibility index (Phi) is 2.28. The van der Waals surface area contributed by atoms with Crippen LogP contribution >= 0.6 is 28.1 Å². The summed E-state index contributed by atoms with van der Waals surface area (Å²) in [6.45, 7) is 0. The molecular weight excluding hydrogens is 322 g/mol. The smallest absolute Gasteiger partial charge is 0.206 e. The molecule has 92 valence electrons. The number of fused-ring (bicyclic) bond motifs is 5. The minimum absolute atomic E-state index is 0.572. The van der Waals surface area contributed by atoms with E-state index in [2.05, 4.69) is 32.0 Å². The first kappa shape index (κ1) is 11.1. The normalized spacial score (nSPS) is 11.6. The Morgan fingerprint density at radius 2 is 2.00 bits per heavy atom. The Bertz CT molecular complexity index is 1000. The second-order valence-corrected chi connectivity index (χ2v) is 5.66. The van der Waals surface area contributed by atoms with Gasteiger partial charge in [-0.15, -0.1) is 0 Å².